The average molecular weight is 328 g/mol. The number of rotatable bonds is 5. The summed E-state index contributed by atoms with van der Waals surface area (Å²) in [6.07, 6.45) is 0. The highest BCUT2D eigenvalue weighted by atomic mass is 35.5. The van der Waals surface area contributed by atoms with Gasteiger partial charge in [0.15, 0.2) is 4.34 Å². The molecule has 20 heavy (non-hydrogen) atoms. The second kappa shape index (κ2) is 7.06. The molecule has 106 valence electrons. The van der Waals surface area contributed by atoms with E-state index in [1.54, 1.807) is 0 Å². The molecule has 1 atom stereocenters. The molecule has 2 aromatic rings. The Balaban J connectivity index is 1.87. The van der Waals surface area contributed by atoms with Gasteiger partial charge in [0.25, 0.3) is 0 Å². The second-order valence-corrected chi connectivity index (χ2v) is 7.00. The van der Waals surface area contributed by atoms with Gasteiger partial charge in [-0.05, 0) is 25.5 Å². The molecule has 0 radical (unpaired) electrons. The minimum Gasteiger partial charge on any atom is -0.349 e. The van der Waals surface area contributed by atoms with E-state index in [0.29, 0.717) is 10.8 Å². The second-order valence-electron chi connectivity index (χ2n) is 4.19. The van der Waals surface area contributed by atoms with Crippen molar-refractivity contribution in [1.29, 1.82) is 0 Å². The number of nitrogens with zero attached hydrogens (tertiary/aromatic N) is 2. The number of amides is 1. The zero-order valence-electron chi connectivity index (χ0n) is 11.1. The Morgan fingerprint density at radius 2 is 2.20 bits per heavy atom. The number of carbonyl (C=O) groups excluding carboxylic acids is 1. The normalized spacial score (nSPS) is 12.2. The van der Waals surface area contributed by atoms with E-state index in [1.165, 1.54) is 23.1 Å². The van der Waals surface area contributed by atoms with Gasteiger partial charge in [-0.2, -0.15) is 0 Å². The number of benzene rings is 1. The first kappa shape index (κ1) is 15.3. The van der Waals surface area contributed by atoms with Crippen molar-refractivity contribution in [3.63, 3.8) is 0 Å². The molecule has 1 N–H and O–H groups in total. The summed E-state index contributed by atoms with van der Waals surface area (Å²) in [5.41, 5.74) is 0.916. The summed E-state index contributed by atoms with van der Waals surface area (Å²) < 4.78 is 0.808. The highest BCUT2D eigenvalue weighted by Gasteiger charge is 2.13. The van der Waals surface area contributed by atoms with Crippen LogP contribution in [0.1, 0.15) is 23.5 Å². The first-order valence-corrected chi connectivity index (χ1v) is 8.21. The van der Waals surface area contributed by atoms with Crippen LogP contribution < -0.4 is 5.32 Å². The zero-order chi connectivity index (χ0) is 14.5. The van der Waals surface area contributed by atoms with Gasteiger partial charge in [0, 0.05) is 5.02 Å². The number of hydrogen-bond acceptors (Lipinski definition) is 5. The van der Waals surface area contributed by atoms with Crippen LogP contribution in [0.4, 0.5) is 0 Å². The molecule has 1 aromatic carbocycles. The lowest BCUT2D eigenvalue weighted by molar-refractivity contribution is -0.119. The number of thioether (sulfide) groups is 1. The molecule has 0 aliphatic rings. The topological polar surface area (TPSA) is 54.9 Å². The molecule has 0 aliphatic heterocycles. The summed E-state index contributed by atoms with van der Waals surface area (Å²) >= 11 is 8.98. The van der Waals surface area contributed by atoms with Crippen LogP contribution in [-0.2, 0) is 4.79 Å². The molecule has 7 heteroatoms. The molecular weight excluding hydrogens is 314 g/mol. The molecule has 1 amide bonds. The third-order valence-corrected chi connectivity index (χ3v) is 4.90. The van der Waals surface area contributed by atoms with E-state index in [1.807, 2.05) is 38.1 Å². The van der Waals surface area contributed by atoms with Crippen LogP contribution in [0.15, 0.2) is 28.6 Å². The standard InChI is InChI=1S/C13H14ClN3OS2/c1-8(10-5-3-4-6-11(10)14)15-12(18)7-19-13-17-16-9(2)20-13/h3-6,8H,7H2,1-2H3,(H,15,18)/t8-/m0/s1. The minimum absolute atomic E-state index is 0.0460. The number of aromatic nitrogens is 2. The van der Waals surface area contributed by atoms with Crippen molar-refractivity contribution in [2.24, 2.45) is 0 Å². The van der Waals surface area contributed by atoms with Crippen molar-refractivity contribution in [2.45, 2.75) is 24.2 Å². The molecule has 0 saturated carbocycles. The van der Waals surface area contributed by atoms with Crippen LogP contribution in [-0.4, -0.2) is 21.9 Å². The minimum atomic E-state index is -0.118. The Labute approximate surface area is 130 Å². The lowest BCUT2D eigenvalue weighted by Gasteiger charge is -2.15. The molecule has 4 nitrogen and oxygen atoms in total. The smallest absolute Gasteiger partial charge is 0.230 e. The van der Waals surface area contributed by atoms with Crippen LogP contribution >= 0.6 is 34.7 Å². The van der Waals surface area contributed by atoms with Gasteiger partial charge >= 0.3 is 0 Å². The monoisotopic (exact) mass is 327 g/mol. The number of nitrogens with one attached hydrogen (secondary N) is 1. The van der Waals surface area contributed by atoms with Crippen LogP contribution in [0.5, 0.6) is 0 Å². The van der Waals surface area contributed by atoms with Gasteiger partial charge in [-0.1, -0.05) is 52.9 Å². The Hall–Kier alpha value is -1.11. The third-order valence-electron chi connectivity index (χ3n) is 2.58. The highest BCUT2D eigenvalue weighted by Crippen LogP contribution is 2.24. The molecule has 0 bridgehead atoms. The maximum Gasteiger partial charge on any atom is 0.230 e. The van der Waals surface area contributed by atoms with Crippen LogP contribution in [0.25, 0.3) is 0 Å². The maximum atomic E-state index is 11.9. The molecule has 0 unspecified atom stereocenters. The first-order chi connectivity index (χ1) is 9.56. The van der Waals surface area contributed by atoms with Crippen LogP contribution in [0.3, 0.4) is 0 Å². The van der Waals surface area contributed by atoms with Crippen molar-refractivity contribution in [3.8, 4) is 0 Å². The van der Waals surface area contributed by atoms with Gasteiger partial charge in [0.1, 0.15) is 5.01 Å². The van der Waals surface area contributed by atoms with Crippen molar-refractivity contribution >= 4 is 40.6 Å². The predicted molar refractivity (Wildman–Crippen MR) is 83.4 cm³/mol. The fourth-order valence-corrected chi connectivity index (χ4v) is 3.58. The van der Waals surface area contributed by atoms with Crippen molar-refractivity contribution in [3.05, 3.63) is 39.9 Å². The molecule has 0 aliphatic carbocycles. The molecule has 0 fully saturated rings. The van der Waals surface area contributed by atoms with Crippen molar-refractivity contribution in [2.75, 3.05) is 5.75 Å². The molecule has 2 rings (SSSR count). The van der Waals surface area contributed by atoms with E-state index in [9.17, 15) is 4.79 Å². The Morgan fingerprint density at radius 3 is 2.85 bits per heavy atom. The van der Waals surface area contributed by atoms with E-state index in [2.05, 4.69) is 15.5 Å². The van der Waals surface area contributed by atoms with Gasteiger partial charge in [-0.15, -0.1) is 10.2 Å². The molecule has 1 aromatic heterocycles. The highest BCUT2D eigenvalue weighted by molar-refractivity contribution is 8.01. The van der Waals surface area contributed by atoms with E-state index < -0.39 is 0 Å². The van der Waals surface area contributed by atoms with Gasteiger partial charge in [0.2, 0.25) is 5.91 Å². The quantitative estimate of drug-likeness (QED) is 0.854. The third kappa shape index (κ3) is 4.19. The predicted octanol–water partition coefficient (Wildman–Crippen LogP) is 3.47. The fourth-order valence-electron chi connectivity index (χ4n) is 1.65. The van der Waals surface area contributed by atoms with E-state index in [0.717, 1.165) is 14.9 Å². The summed E-state index contributed by atoms with van der Waals surface area (Å²) in [5, 5.41) is 12.4. The lowest BCUT2D eigenvalue weighted by Crippen LogP contribution is -2.28. The van der Waals surface area contributed by atoms with Gasteiger partial charge < -0.3 is 5.32 Å². The summed E-state index contributed by atoms with van der Waals surface area (Å²) in [5.74, 6) is 0.277. The zero-order valence-corrected chi connectivity index (χ0v) is 13.5. The Bertz CT molecular complexity index is 603. The van der Waals surface area contributed by atoms with Crippen molar-refractivity contribution in [1.82, 2.24) is 15.5 Å². The van der Waals surface area contributed by atoms with Crippen LogP contribution in [0, 0.1) is 6.92 Å². The largest absolute Gasteiger partial charge is 0.349 e. The Kier molecular flexibility index (Phi) is 5.39. The summed E-state index contributed by atoms with van der Waals surface area (Å²) in [6.45, 7) is 3.81. The lowest BCUT2D eigenvalue weighted by atomic mass is 10.1. The maximum absolute atomic E-state index is 11.9. The van der Waals surface area contributed by atoms with Gasteiger partial charge in [-0.25, -0.2) is 0 Å². The van der Waals surface area contributed by atoms with E-state index in [4.69, 9.17) is 11.6 Å². The number of aryl methyl sites for hydroxylation is 1. The molecular formula is C13H14ClN3OS2. The van der Waals surface area contributed by atoms with Crippen LogP contribution in [0.2, 0.25) is 5.02 Å². The summed E-state index contributed by atoms with van der Waals surface area (Å²) in [4.78, 5) is 11.9. The van der Waals surface area contributed by atoms with Crippen molar-refractivity contribution < 1.29 is 4.79 Å². The molecule has 1 heterocycles. The Morgan fingerprint density at radius 1 is 1.45 bits per heavy atom. The molecule has 0 spiro atoms. The SMILES string of the molecule is Cc1nnc(SCC(=O)N[C@@H](C)c2ccccc2Cl)s1. The van der Waals surface area contributed by atoms with E-state index >= 15 is 0 Å². The number of carbonyl (C=O) groups is 1. The van der Waals surface area contributed by atoms with E-state index in [-0.39, 0.29) is 11.9 Å². The number of halogens is 1. The summed E-state index contributed by atoms with van der Waals surface area (Å²) in [7, 11) is 0. The van der Waals surface area contributed by atoms with Gasteiger partial charge in [-0.3, -0.25) is 4.79 Å². The van der Waals surface area contributed by atoms with Gasteiger partial charge in [0.05, 0.1) is 11.8 Å². The first-order valence-electron chi connectivity index (χ1n) is 6.03. The number of hydrogen-bond donors (Lipinski definition) is 1. The average Bonchev–Trinajstić information content (AvgIpc) is 2.82. The summed E-state index contributed by atoms with van der Waals surface area (Å²) in [6, 6.07) is 7.39. The molecule has 0 saturated heterocycles. The fraction of sp³-hybridized carbons (Fsp3) is 0.308.